The van der Waals surface area contributed by atoms with Crippen LogP contribution in [0.15, 0.2) is 18.3 Å². The van der Waals surface area contributed by atoms with Crippen LogP contribution in [0.4, 0.5) is 5.69 Å². The first-order chi connectivity index (χ1) is 5.74. The number of nitrogens with zero attached hydrogens (tertiary/aromatic N) is 1. The second kappa shape index (κ2) is 3.88. The highest BCUT2D eigenvalue weighted by atomic mass is 14.7. The highest BCUT2D eigenvalue weighted by Crippen LogP contribution is 2.10. The van der Waals surface area contributed by atoms with Crippen molar-refractivity contribution < 1.29 is 0 Å². The minimum atomic E-state index is 0.535. The zero-order chi connectivity index (χ0) is 8.97. The average molecular weight is 163 g/mol. The lowest BCUT2D eigenvalue weighted by Crippen LogP contribution is -1.94. The molecule has 64 valence electrons. The van der Waals surface area contributed by atoms with E-state index < -0.39 is 0 Å². The second-order valence-electron chi connectivity index (χ2n) is 2.58. The lowest BCUT2D eigenvalue weighted by atomic mass is 10.2. The van der Waals surface area contributed by atoms with Gasteiger partial charge in [-0.1, -0.05) is 12.2 Å². The summed E-state index contributed by atoms with van der Waals surface area (Å²) in [5, 5.41) is 0. The van der Waals surface area contributed by atoms with Crippen molar-refractivity contribution in [3.8, 4) is 0 Å². The minimum absolute atomic E-state index is 0.535. The van der Waals surface area contributed by atoms with E-state index in [0.29, 0.717) is 12.2 Å². The van der Waals surface area contributed by atoms with Gasteiger partial charge in [-0.05, 0) is 18.6 Å². The minimum Gasteiger partial charge on any atom is -0.397 e. The monoisotopic (exact) mass is 163 g/mol. The quantitative estimate of drug-likeness (QED) is 0.682. The topological polar surface area (TPSA) is 64.9 Å². The first-order valence-corrected chi connectivity index (χ1v) is 3.83. The summed E-state index contributed by atoms with van der Waals surface area (Å²) in [6.45, 7) is 2.42. The molecule has 3 heteroatoms. The van der Waals surface area contributed by atoms with Crippen LogP contribution in [-0.2, 0) is 0 Å². The normalized spacial score (nSPS) is 10.8. The van der Waals surface area contributed by atoms with Crippen LogP contribution >= 0.6 is 0 Å². The SMILES string of the molecule is Cc1ncc(C=CCN)cc1N. The fourth-order valence-corrected chi connectivity index (χ4v) is 0.862. The Balaban J connectivity index is 2.89. The van der Waals surface area contributed by atoms with Gasteiger partial charge in [-0.2, -0.15) is 0 Å². The molecule has 1 rings (SSSR count). The van der Waals surface area contributed by atoms with E-state index in [0.717, 1.165) is 11.3 Å². The zero-order valence-corrected chi connectivity index (χ0v) is 7.12. The van der Waals surface area contributed by atoms with Gasteiger partial charge in [0.1, 0.15) is 0 Å². The van der Waals surface area contributed by atoms with Crippen LogP contribution < -0.4 is 11.5 Å². The van der Waals surface area contributed by atoms with Crippen LogP contribution in [0.25, 0.3) is 6.08 Å². The van der Waals surface area contributed by atoms with Gasteiger partial charge in [0.25, 0.3) is 0 Å². The Kier molecular flexibility index (Phi) is 2.82. The van der Waals surface area contributed by atoms with Crippen LogP contribution in [0, 0.1) is 6.92 Å². The Morgan fingerprint density at radius 2 is 2.33 bits per heavy atom. The molecule has 0 saturated heterocycles. The predicted octanol–water partition coefficient (Wildman–Crippen LogP) is 0.944. The Labute approximate surface area is 72.1 Å². The molecule has 0 atom stereocenters. The summed E-state index contributed by atoms with van der Waals surface area (Å²) in [5.74, 6) is 0. The third kappa shape index (κ3) is 2.07. The first kappa shape index (κ1) is 8.74. The number of aryl methyl sites for hydroxylation is 1. The fraction of sp³-hybridized carbons (Fsp3) is 0.222. The smallest absolute Gasteiger partial charge is 0.0602 e. The molecule has 0 spiro atoms. The molecule has 1 aromatic heterocycles. The van der Waals surface area contributed by atoms with E-state index in [4.69, 9.17) is 11.5 Å². The Bertz CT molecular complexity index is 292. The van der Waals surface area contributed by atoms with Crippen molar-refractivity contribution in [3.05, 3.63) is 29.6 Å². The van der Waals surface area contributed by atoms with Crippen molar-refractivity contribution in [3.63, 3.8) is 0 Å². The van der Waals surface area contributed by atoms with Gasteiger partial charge < -0.3 is 11.5 Å². The molecule has 0 aliphatic carbocycles. The van der Waals surface area contributed by atoms with Crippen molar-refractivity contribution in [2.45, 2.75) is 6.92 Å². The molecule has 0 amide bonds. The lowest BCUT2D eigenvalue weighted by molar-refractivity contribution is 1.20. The highest BCUT2D eigenvalue weighted by Gasteiger charge is 1.93. The van der Waals surface area contributed by atoms with Crippen LogP contribution in [0.3, 0.4) is 0 Å². The summed E-state index contributed by atoms with van der Waals surface area (Å²) in [4.78, 5) is 4.11. The molecule has 0 bridgehead atoms. The summed E-state index contributed by atoms with van der Waals surface area (Å²) in [5.41, 5.74) is 13.5. The molecule has 3 nitrogen and oxygen atoms in total. The summed E-state index contributed by atoms with van der Waals surface area (Å²) in [7, 11) is 0. The molecule has 0 aliphatic rings. The Hall–Kier alpha value is -1.35. The number of nitrogens with two attached hydrogens (primary N) is 2. The van der Waals surface area contributed by atoms with Gasteiger partial charge in [-0.3, -0.25) is 4.98 Å². The third-order valence-electron chi connectivity index (χ3n) is 1.59. The standard InChI is InChI=1S/C9H13N3/c1-7-9(11)5-8(6-12-7)3-2-4-10/h2-3,5-6H,4,10-11H2,1H3. The molecular weight excluding hydrogens is 150 g/mol. The van der Waals surface area contributed by atoms with Gasteiger partial charge in [0.15, 0.2) is 0 Å². The number of hydrogen-bond donors (Lipinski definition) is 2. The third-order valence-corrected chi connectivity index (χ3v) is 1.59. The molecular formula is C9H13N3. The molecule has 1 heterocycles. The van der Waals surface area contributed by atoms with Gasteiger partial charge in [0.2, 0.25) is 0 Å². The summed E-state index contributed by atoms with van der Waals surface area (Å²) in [6, 6.07) is 1.88. The van der Waals surface area contributed by atoms with Gasteiger partial charge in [-0.15, -0.1) is 0 Å². The molecule has 12 heavy (non-hydrogen) atoms. The number of rotatable bonds is 2. The maximum Gasteiger partial charge on any atom is 0.0602 e. The van der Waals surface area contributed by atoms with Crippen molar-refractivity contribution in [2.24, 2.45) is 5.73 Å². The molecule has 0 saturated carbocycles. The van der Waals surface area contributed by atoms with Gasteiger partial charge in [-0.25, -0.2) is 0 Å². The van der Waals surface area contributed by atoms with E-state index in [1.54, 1.807) is 6.20 Å². The van der Waals surface area contributed by atoms with Crippen molar-refractivity contribution in [2.75, 3.05) is 12.3 Å². The average Bonchev–Trinajstić information content (AvgIpc) is 2.07. The van der Waals surface area contributed by atoms with Gasteiger partial charge in [0, 0.05) is 12.7 Å². The maximum absolute atomic E-state index is 5.66. The second-order valence-corrected chi connectivity index (χ2v) is 2.58. The first-order valence-electron chi connectivity index (χ1n) is 3.83. The van der Waals surface area contributed by atoms with Gasteiger partial charge in [0.05, 0.1) is 11.4 Å². The van der Waals surface area contributed by atoms with Crippen LogP contribution in [-0.4, -0.2) is 11.5 Å². The number of pyridine rings is 1. The van der Waals surface area contributed by atoms with Crippen LogP contribution in [0.5, 0.6) is 0 Å². The molecule has 0 unspecified atom stereocenters. The molecule has 0 aliphatic heterocycles. The lowest BCUT2D eigenvalue weighted by Gasteiger charge is -1.99. The number of anilines is 1. The van der Waals surface area contributed by atoms with Gasteiger partial charge >= 0.3 is 0 Å². The summed E-state index contributed by atoms with van der Waals surface area (Å²) in [6.07, 6.45) is 5.55. The molecule has 1 aromatic rings. The van der Waals surface area contributed by atoms with E-state index in [1.165, 1.54) is 0 Å². The summed E-state index contributed by atoms with van der Waals surface area (Å²) >= 11 is 0. The van der Waals surface area contributed by atoms with E-state index in [1.807, 2.05) is 25.1 Å². The van der Waals surface area contributed by atoms with Crippen molar-refractivity contribution in [1.29, 1.82) is 0 Å². The highest BCUT2D eigenvalue weighted by molar-refractivity contribution is 5.55. The molecule has 0 aromatic carbocycles. The molecule has 0 radical (unpaired) electrons. The van der Waals surface area contributed by atoms with Crippen molar-refractivity contribution in [1.82, 2.24) is 4.98 Å². The van der Waals surface area contributed by atoms with Crippen LogP contribution in [0.2, 0.25) is 0 Å². The molecule has 4 N–H and O–H groups in total. The van der Waals surface area contributed by atoms with Crippen molar-refractivity contribution >= 4 is 11.8 Å². The van der Waals surface area contributed by atoms with E-state index in [-0.39, 0.29) is 0 Å². The zero-order valence-electron chi connectivity index (χ0n) is 7.12. The largest absolute Gasteiger partial charge is 0.397 e. The molecule has 0 fully saturated rings. The summed E-state index contributed by atoms with van der Waals surface area (Å²) < 4.78 is 0. The Morgan fingerprint density at radius 3 is 2.92 bits per heavy atom. The van der Waals surface area contributed by atoms with E-state index >= 15 is 0 Å². The number of nitrogen functional groups attached to an aromatic ring is 1. The Morgan fingerprint density at radius 1 is 1.58 bits per heavy atom. The number of hydrogen-bond acceptors (Lipinski definition) is 3. The van der Waals surface area contributed by atoms with Crippen LogP contribution in [0.1, 0.15) is 11.3 Å². The van der Waals surface area contributed by atoms with E-state index in [9.17, 15) is 0 Å². The predicted molar refractivity (Wildman–Crippen MR) is 51.5 cm³/mol. The number of aromatic nitrogens is 1. The maximum atomic E-state index is 5.66. The fourth-order valence-electron chi connectivity index (χ4n) is 0.862. The van der Waals surface area contributed by atoms with E-state index in [2.05, 4.69) is 4.98 Å².